The van der Waals surface area contributed by atoms with Gasteiger partial charge in [-0.1, -0.05) is 109 Å². The van der Waals surface area contributed by atoms with Gasteiger partial charge in [-0.2, -0.15) is 0 Å². The van der Waals surface area contributed by atoms with E-state index in [-0.39, 0.29) is 5.41 Å². The largest absolute Gasteiger partial charge is 0.311 e. The maximum Gasteiger partial charge on any atom is 0.0464 e. The highest BCUT2D eigenvalue weighted by Crippen LogP contribution is 2.47. The smallest absolute Gasteiger partial charge is 0.0464 e. The summed E-state index contributed by atoms with van der Waals surface area (Å²) in [7, 11) is 0. The van der Waals surface area contributed by atoms with Gasteiger partial charge < -0.3 is 9.80 Å². The topological polar surface area (TPSA) is 6.48 Å². The van der Waals surface area contributed by atoms with E-state index in [0.717, 1.165) is 0 Å². The lowest BCUT2D eigenvalue weighted by molar-refractivity contribution is 0.346. The summed E-state index contributed by atoms with van der Waals surface area (Å²) in [6.45, 7) is 6.45. The van der Waals surface area contributed by atoms with Crippen molar-refractivity contribution in [2.24, 2.45) is 0 Å². The van der Waals surface area contributed by atoms with Gasteiger partial charge in [0.2, 0.25) is 0 Å². The molecule has 0 atom stereocenters. The molecule has 234 valence electrons. The minimum atomic E-state index is 0.00870. The molecule has 0 bridgehead atoms. The van der Waals surface area contributed by atoms with Crippen LogP contribution in [0.4, 0.5) is 34.1 Å². The van der Waals surface area contributed by atoms with Gasteiger partial charge in [0.15, 0.2) is 0 Å². The minimum absolute atomic E-state index is 0.00870. The molecule has 1 aliphatic carbocycles. The van der Waals surface area contributed by atoms with Crippen LogP contribution in [0.2, 0.25) is 0 Å². The van der Waals surface area contributed by atoms with E-state index >= 15 is 0 Å². The number of hydrogen-bond donors (Lipinski definition) is 0. The van der Waals surface area contributed by atoms with E-state index in [1.165, 1.54) is 94.0 Å². The molecule has 1 aliphatic rings. The SMILES string of the molecule is Cc1ccc(N(c2ccccc2)c2ccc(C3(c4ccc(N(c5ccc(C)cc5)c5cccc(C)c5)cc4)CCCCC3)cc2)cc1. The van der Waals surface area contributed by atoms with E-state index < -0.39 is 0 Å². The fourth-order valence-electron chi connectivity index (χ4n) is 7.38. The van der Waals surface area contributed by atoms with Crippen LogP contribution in [0, 0.1) is 20.8 Å². The molecule has 0 N–H and O–H groups in total. The highest BCUT2D eigenvalue weighted by Gasteiger charge is 2.36. The van der Waals surface area contributed by atoms with Crippen molar-refractivity contribution in [1.82, 2.24) is 0 Å². The van der Waals surface area contributed by atoms with Crippen molar-refractivity contribution in [3.05, 3.63) is 179 Å². The van der Waals surface area contributed by atoms with Crippen molar-refractivity contribution in [3.63, 3.8) is 0 Å². The molecule has 0 saturated heterocycles. The average Bonchev–Trinajstić information content (AvgIpc) is 3.12. The third kappa shape index (κ3) is 6.33. The molecule has 7 rings (SSSR count). The molecule has 6 aromatic rings. The van der Waals surface area contributed by atoms with Crippen LogP contribution >= 0.6 is 0 Å². The first kappa shape index (κ1) is 30.6. The lowest BCUT2D eigenvalue weighted by Gasteiger charge is -2.39. The highest BCUT2D eigenvalue weighted by atomic mass is 15.1. The summed E-state index contributed by atoms with van der Waals surface area (Å²) in [5.41, 5.74) is 13.7. The van der Waals surface area contributed by atoms with Crippen LogP contribution in [0.15, 0.2) is 152 Å². The Bertz CT molecular complexity index is 1900. The Hall–Kier alpha value is -5.08. The van der Waals surface area contributed by atoms with Gasteiger partial charge in [-0.15, -0.1) is 0 Å². The molecule has 2 heteroatoms. The highest BCUT2D eigenvalue weighted by molar-refractivity contribution is 5.78. The fraction of sp³-hybridized carbons (Fsp3) is 0.200. The van der Waals surface area contributed by atoms with Gasteiger partial charge in [0.05, 0.1) is 0 Å². The van der Waals surface area contributed by atoms with Crippen molar-refractivity contribution in [3.8, 4) is 0 Å². The number of nitrogens with zero attached hydrogens (tertiary/aromatic N) is 2. The zero-order valence-electron chi connectivity index (χ0n) is 27.9. The third-order valence-electron chi connectivity index (χ3n) is 9.92. The number of para-hydroxylation sites is 1. The van der Waals surface area contributed by atoms with Gasteiger partial charge >= 0.3 is 0 Å². The number of hydrogen-bond acceptors (Lipinski definition) is 2. The van der Waals surface area contributed by atoms with Crippen molar-refractivity contribution >= 4 is 34.1 Å². The molecule has 0 amide bonds. The summed E-state index contributed by atoms with van der Waals surface area (Å²) in [5.74, 6) is 0. The molecule has 0 heterocycles. The summed E-state index contributed by atoms with van der Waals surface area (Å²) in [4.78, 5) is 4.73. The Labute approximate surface area is 281 Å². The van der Waals surface area contributed by atoms with Gasteiger partial charge in [0, 0.05) is 39.5 Å². The molecule has 0 spiro atoms. The quantitative estimate of drug-likeness (QED) is 0.169. The van der Waals surface area contributed by atoms with Gasteiger partial charge in [0.1, 0.15) is 0 Å². The van der Waals surface area contributed by atoms with Crippen LogP contribution in [-0.4, -0.2) is 0 Å². The molecule has 47 heavy (non-hydrogen) atoms. The molecule has 0 aromatic heterocycles. The van der Waals surface area contributed by atoms with Crippen molar-refractivity contribution < 1.29 is 0 Å². The van der Waals surface area contributed by atoms with E-state index in [4.69, 9.17) is 0 Å². The fourth-order valence-corrected chi connectivity index (χ4v) is 7.38. The normalized spacial score (nSPS) is 14.0. The number of benzene rings is 6. The van der Waals surface area contributed by atoms with Crippen LogP contribution in [0.1, 0.15) is 59.9 Å². The van der Waals surface area contributed by atoms with Crippen molar-refractivity contribution in [2.75, 3.05) is 9.80 Å². The van der Waals surface area contributed by atoms with Crippen molar-refractivity contribution in [2.45, 2.75) is 58.3 Å². The second-order valence-corrected chi connectivity index (χ2v) is 13.3. The molecule has 0 unspecified atom stereocenters. The van der Waals surface area contributed by atoms with Crippen molar-refractivity contribution in [1.29, 1.82) is 0 Å². The lowest BCUT2D eigenvalue weighted by atomic mass is 9.65. The molecule has 0 aliphatic heterocycles. The number of rotatable bonds is 8. The maximum atomic E-state index is 2.40. The Morgan fingerprint density at radius 1 is 0.362 bits per heavy atom. The minimum Gasteiger partial charge on any atom is -0.311 e. The summed E-state index contributed by atoms with van der Waals surface area (Å²) in [6, 6.07) is 56.1. The first-order valence-corrected chi connectivity index (χ1v) is 17.1. The number of anilines is 6. The first-order chi connectivity index (χ1) is 23.0. The monoisotopic (exact) mass is 612 g/mol. The standard InChI is InChI=1S/C45H44N2/c1-34-15-23-40(24-16-34)46(39-12-6-4-7-13-39)42-27-19-37(20-28-42)45(31-8-5-9-32-45)38-21-29-43(30-22-38)47(41-25-17-35(2)18-26-41)44-14-10-11-36(3)33-44/h4,6-7,10-30,33H,5,8-9,31-32H2,1-3H3. The molecule has 6 aromatic carbocycles. The zero-order chi connectivity index (χ0) is 32.2. The van der Waals surface area contributed by atoms with E-state index in [9.17, 15) is 0 Å². The van der Waals surface area contributed by atoms with Crippen LogP contribution in [0.5, 0.6) is 0 Å². The summed E-state index contributed by atoms with van der Waals surface area (Å²) in [6.07, 6.45) is 6.16. The summed E-state index contributed by atoms with van der Waals surface area (Å²) < 4.78 is 0. The van der Waals surface area contributed by atoms with E-state index in [2.05, 4.69) is 182 Å². The molecule has 1 fully saturated rings. The van der Waals surface area contributed by atoms with E-state index in [1.54, 1.807) is 0 Å². The zero-order valence-corrected chi connectivity index (χ0v) is 27.9. The molecular formula is C45H44N2. The average molecular weight is 613 g/mol. The van der Waals surface area contributed by atoms with Gasteiger partial charge in [-0.3, -0.25) is 0 Å². The van der Waals surface area contributed by atoms with E-state index in [1.807, 2.05) is 0 Å². The third-order valence-corrected chi connectivity index (χ3v) is 9.92. The van der Waals surface area contributed by atoms with Crippen LogP contribution in [0.25, 0.3) is 0 Å². The Balaban J connectivity index is 1.25. The van der Waals surface area contributed by atoms with Crippen LogP contribution in [-0.2, 0) is 5.41 Å². The molecule has 1 saturated carbocycles. The summed E-state index contributed by atoms with van der Waals surface area (Å²) in [5, 5.41) is 0. The van der Waals surface area contributed by atoms with Crippen LogP contribution in [0.3, 0.4) is 0 Å². The maximum absolute atomic E-state index is 2.40. The van der Waals surface area contributed by atoms with E-state index in [0.29, 0.717) is 0 Å². The second kappa shape index (κ2) is 13.3. The summed E-state index contributed by atoms with van der Waals surface area (Å²) >= 11 is 0. The predicted octanol–water partition coefficient (Wildman–Crippen LogP) is 12.8. The lowest BCUT2D eigenvalue weighted by Crippen LogP contribution is -2.30. The Morgan fingerprint density at radius 3 is 1.23 bits per heavy atom. The molecule has 2 nitrogen and oxygen atoms in total. The first-order valence-electron chi connectivity index (χ1n) is 17.1. The second-order valence-electron chi connectivity index (χ2n) is 13.3. The molecule has 0 radical (unpaired) electrons. The van der Waals surface area contributed by atoms with Gasteiger partial charge in [0.25, 0.3) is 0 Å². The predicted molar refractivity (Wildman–Crippen MR) is 200 cm³/mol. The Kier molecular flexibility index (Phi) is 8.68. The number of aryl methyl sites for hydroxylation is 3. The van der Waals surface area contributed by atoms with Gasteiger partial charge in [-0.25, -0.2) is 0 Å². The Morgan fingerprint density at radius 2 is 0.766 bits per heavy atom. The molecular weight excluding hydrogens is 569 g/mol. The van der Waals surface area contributed by atoms with Crippen LogP contribution < -0.4 is 9.80 Å². The van der Waals surface area contributed by atoms with Gasteiger partial charge in [-0.05, 0) is 123 Å².